The van der Waals surface area contributed by atoms with Crippen molar-refractivity contribution in [2.75, 3.05) is 17.2 Å². The van der Waals surface area contributed by atoms with E-state index < -0.39 is 0 Å². The van der Waals surface area contributed by atoms with Crippen molar-refractivity contribution in [2.45, 2.75) is 20.3 Å². The molecule has 1 heterocycles. The standard InChI is InChI=1S/C14H17BrN4/c1-3-6-17-13-8-16-9-14(19-13)18-12-5-4-10(2)7-11(12)15/h4-5,7-9H,3,6H2,1-2H3,(H2,17,18,19). The maximum absolute atomic E-state index is 4.46. The van der Waals surface area contributed by atoms with E-state index in [1.54, 1.807) is 12.4 Å². The predicted molar refractivity (Wildman–Crippen MR) is 83.0 cm³/mol. The van der Waals surface area contributed by atoms with E-state index in [0.717, 1.165) is 34.8 Å². The van der Waals surface area contributed by atoms with Crippen molar-refractivity contribution in [2.24, 2.45) is 0 Å². The van der Waals surface area contributed by atoms with Crippen molar-refractivity contribution < 1.29 is 0 Å². The summed E-state index contributed by atoms with van der Waals surface area (Å²) in [5, 5.41) is 6.47. The monoisotopic (exact) mass is 320 g/mol. The van der Waals surface area contributed by atoms with Crippen LogP contribution in [0.2, 0.25) is 0 Å². The molecule has 5 heteroatoms. The van der Waals surface area contributed by atoms with Crippen molar-refractivity contribution in [3.05, 3.63) is 40.6 Å². The highest BCUT2D eigenvalue weighted by Gasteiger charge is 2.03. The summed E-state index contributed by atoms with van der Waals surface area (Å²) in [4.78, 5) is 8.64. The van der Waals surface area contributed by atoms with Gasteiger partial charge in [-0.2, -0.15) is 0 Å². The molecule has 0 amide bonds. The number of benzene rings is 1. The van der Waals surface area contributed by atoms with Gasteiger partial charge in [0.15, 0.2) is 5.82 Å². The molecule has 0 aliphatic carbocycles. The Hall–Kier alpha value is -1.62. The molecule has 2 aromatic rings. The number of hydrogen-bond acceptors (Lipinski definition) is 4. The van der Waals surface area contributed by atoms with E-state index in [-0.39, 0.29) is 0 Å². The fraction of sp³-hybridized carbons (Fsp3) is 0.286. The number of halogens is 1. The number of nitrogens with zero attached hydrogens (tertiary/aromatic N) is 2. The van der Waals surface area contributed by atoms with Crippen LogP contribution in [0.4, 0.5) is 17.3 Å². The summed E-state index contributed by atoms with van der Waals surface area (Å²) in [6.45, 7) is 5.07. The Morgan fingerprint density at radius 2 is 2.00 bits per heavy atom. The van der Waals surface area contributed by atoms with Gasteiger partial charge in [0.05, 0.1) is 18.1 Å². The van der Waals surface area contributed by atoms with Crippen LogP contribution in [0.15, 0.2) is 35.1 Å². The second-order valence-corrected chi connectivity index (χ2v) is 5.18. The van der Waals surface area contributed by atoms with Crippen LogP contribution in [0.5, 0.6) is 0 Å². The zero-order valence-corrected chi connectivity index (χ0v) is 12.7. The molecule has 0 aliphatic heterocycles. The smallest absolute Gasteiger partial charge is 0.151 e. The lowest BCUT2D eigenvalue weighted by Crippen LogP contribution is -2.04. The van der Waals surface area contributed by atoms with Gasteiger partial charge in [-0.1, -0.05) is 13.0 Å². The highest BCUT2D eigenvalue weighted by molar-refractivity contribution is 9.10. The van der Waals surface area contributed by atoms with Gasteiger partial charge in [-0.25, -0.2) is 4.98 Å². The summed E-state index contributed by atoms with van der Waals surface area (Å²) in [5.74, 6) is 1.51. The van der Waals surface area contributed by atoms with Gasteiger partial charge in [-0.15, -0.1) is 0 Å². The topological polar surface area (TPSA) is 49.8 Å². The maximum Gasteiger partial charge on any atom is 0.151 e. The number of anilines is 3. The van der Waals surface area contributed by atoms with Gasteiger partial charge < -0.3 is 10.6 Å². The van der Waals surface area contributed by atoms with E-state index in [1.807, 2.05) is 6.07 Å². The summed E-state index contributed by atoms with van der Waals surface area (Å²) < 4.78 is 1.02. The number of hydrogen-bond donors (Lipinski definition) is 2. The quantitative estimate of drug-likeness (QED) is 0.870. The molecule has 0 aliphatic rings. The van der Waals surface area contributed by atoms with Crippen LogP contribution in [0.3, 0.4) is 0 Å². The summed E-state index contributed by atoms with van der Waals surface area (Å²) in [5.41, 5.74) is 2.19. The first-order valence-corrected chi connectivity index (χ1v) is 7.07. The molecule has 0 unspecified atom stereocenters. The van der Waals surface area contributed by atoms with Crippen LogP contribution < -0.4 is 10.6 Å². The zero-order valence-electron chi connectivity index (χ0n) is 11.1. The molecular weight excluding hydrogens is 304 g/mol. The molecule has 19 heavy (non-hydrogen) atoms. The van der Waals surface area contributed by atoms with Crippen LogP contribution in [-0.2, 0) is 0 Å². The molecule has 4 nitrogen and oxygen atoms in total. The molecule has 2 rings (SSSR count). The molecule has 0 radical (unpaired) electrons. The van der Waals surface area contributed by atoms with E-state index in [0.29, 0.717) is 0 Å². The van der Waals surface area contributed by atoms with Gasteiger partial charge in [0.2, 0.25) is 0 Å². The Balaban J connectivity index is 2.14. The van der Waals surface area contributed by atoms with Gasteiger partial charge in [0.25, 0.3) is 0 Å². The second-order valence-electron chi connectivity index (χ2n) is 4.32. The first-order valence-electron chi connectivity index (χ1n) is 6.28. The van der Waals surface area contributed by atoms with Crippen molar-refractivity contribution in [1.82, 2.24) is 9.97 Å². The molecular formula is C14H17BrN4. The lowest BCUT2D eigenvalue weighted by Gasteiger charge is -2.10. The Bertz CT molecular complexity index is 557. The molecule has 1 aromatic heterocycles. The number of aryl methyl sites for hydroxylation is 1. The third kappa shape index (κ3) is 3.92. The van der Waals surface area contributed by atoms with Gasteiger partial charge in [-0.3, -0.25) is 4.98 Å². The van der Waals surface area contributed by atoms with E-state index >= 15 is 0 Å². The van der Waals surface area contributed by atoms with Crippen molar-refractivity contribution in [3.8, 4) is 0 Å². The van der Waals surface area contributed by atoms with Crippen LogP contribution in [-0.4, -0.2) is 16.5 Å². The van der Waals surface area contributed by atoms with Crippen molar-refractivity contribution >= 4 is 33.3 Å². The van der Waals surface area contributed by atoms with Gasteiger partial charge in [-0.05, 0) is 47.0 Å². The van der Waals surface area contributed by atoms with Gasteiger partial charge >= 0.3 is 0 Å². The molecule has 0 saturated heterocycles. The fourth-order valence-corrected chi connectivity index (χ4v) is 2.22. The minimum Gasteiger partial charge on any atom is -0.369 e. The SMILES string of the molecule is CCCNc1cncc(Nc2ccc(C)cc2Br)n1. The minimum atomic E-state index is 0.727. The molecule has 0 atom stereocenters. The maximum atomic E-state index is 4.46. The molecule has 0 bridgehead atoms. The van der Waals surface area contributed by atoms with E-state index in [4.69, 9.17) is 0 Å². The zero-order chi connectivity index (χ0) is 13.7. The van der Waals surface area contributed by atoms with Gasteiger partial charge in [0, 0.05) is 11.0 Å². The first-order chi connectivity index (χ1) is 9.19. The number of aromatic nitrogens is 2. The average Bonchev–Trinajstić information content (AvgIpc) is 2.40. The van der Waals surface area contributed by atoms with Crippen LogP contribution in [0.25, 0.3) is 0 Å². The van der Waals surface area contributed by atoms with Crippen LogP contribution in [0.1, 0.15) is 18.9 Å². The Kier molecular flexibility index (Phi) is 4.74. The number of nitrogens with one attached hydrogen (secondary N) is 2. The second kappa shape index (κ2) is 6.52. The van der Waals surface area contributed by atoms with Crippen LogP contribution in [0, 0.1) is 6.92 Å². The Labute approximate surface area is 121 Å². The lowest BCUT2D eigenvalue weighted by atomic mass is 10.2. The highest BCUT2D eigenvalue weighted by Crippen LogP contribution is 2.26. The first kappa shape index (κ1) is 13.8. The lowest BCUT2D eigenvalue weighted by molar-refractivity contribution is 0.965. The fourth-order valence-electron chi connectivity index (χ4n) is 1.62. The molecule has 0 saturated carbocycles. The van der Waals surface area contributed by atoms with E-state index in [1.165, 1.54) is 5.56 Å². The molecule has 100 valence electrons. The molecule has 0 spiro atoms. The Morgan fingerprint density at radius 1 is 1.21 bits per heavy atom. The summed E-state index contributed by atoms with van der Waals surface area (Å²) in [7, 11) is 0. The molecule has 0 fully saturated rings. The van der Waals surface area contributed by atoms with Crippen LogP contribution >= 0.6 is 15.9 Å². The molecule has 1 aromatic carbocycles. The molecule has 2 N–H and O–H groups in total. The normalized spacial score (nSPS) is 10.3. The summed E-state index contributed by atoms with van der Waals surface area (Å²) >= 11 is 3.54. The van der Waals surface area contributed by atoms with Crippen molar-refractivity contribution in [3.63, 3.8) is 0 Å². The summed E-state index contributed by atoms with van der Waals surface area (Å²) in [6, 6.07) is 6.14. The minimum absolute atomic E-state index is 0.727. The third-order valence-corrected chi connectivity index (χ3v) is 3.23. The van der Waals surface area contributed by atoms with Crippen molar-refractivity contribution in [1.29, 1.82) is 0 Å². The summed E-state index contributed by atoms with van der Waals surface area (Å²) in [6.07, 6.45) is 4.50. The van der Waals surface area contributed by atoms with E-state index in [9.17, 15) is 0 Å². The highest BCUT2D eigenvalue weighted by atomic mass is 79.9. The Morgan fingerprint density at radius 3 is 2.74 bits per heavy atom. The van der Waals surface area contributed by atoms with Gasteiger partial charge in [0.1, 0.15) is 5.82 Å². The predicted octanol–water partition coefficient (Wildman–Crippen LogP) is 4.11. The average molecular weight is 321 g/mol. The number of rotatable bonds is 5. The third-order valence-electron chi connectivity index (χ3n) is 2.58. The van der Waals surface area contributed by atoms with E-state index in [2.05, 4.69) is 62.5 Å². The largest absolute Gasteiger partial charge is 0.369 e.